The van der Waals surface area contributed by atoms with Gasteiger partial charge in [0.15, 0.2) is 0 Å². The summed E-state index contributed by atoms with van der Waals surface area (Å²) in [7, 11) is 0. The number of aliphatic carboxylic acids is 1. The van der Waals surface area contributed by atoms with Gasteiger partial charge in [0.25, 0.3) is 0 Å². The first-order chi connectivity index (χ1) is 7.06. The second-order valence-electron chi connectivity index (χ2n) is 4.45. The summed E-state index contributed by atoms with van der Waals surface area (Å²) in [6.45, 7) is 6.30. The summed E-state index contributed by atoms with van der Waals surface area (Å²) in [6.07, 6.45) is 8.38. The van der Waals surface area contributed by atoms with Gasteiger partial charge in [-0.05, 0) is 32.1 Å². The normalized spacial score (nSPS) is 13.9. The van der Waals surface area contributed by atoms with Gasteiger partial charge in [0, 0.05) is 6.42 Å². The van der Waals surface area contributed by atoms with E-state index in [1.54, 1.807) is 0 Å². The fourth-order valence-electron chi connectivity index (χ4n) is 1.75. The molecule has 0 saturated carbocycles. The Balaban J connectivity index is 3.70. The van der Waals surface area contributed by atoms with E-state index >= 15 is 0 Å². The standard InChI is InChI=1S/C13H24O2/c1-4-5-6-7-8-11(2)9-12(3)10-13(14)15/h8,12H,4-7,9-10H2,1-3H3,(H,14,15). The highest BCUT2D eigenvalue weighted by atomic mass is 16.4. The van der Waals surface area contributed by atoms with Crippen LogP contribution < -0.4 is 0 Å². The van der Waals surface area contributed by atoms with E-state index < -0.39 is 5.97 Å². The number of unbranched alkanes of at least 4 members (excludes halogenated alkanes) is 3. The van der Waals surface area contributed by atoms with Crippen molar-refractivity contribution >= 4 is 5.97 Å². The summed E-state index contributed by atoms with van der Waals surface area (Å²) >= 11 is 0. The van der Waals surface area contributed by atoms with Gasteiger partial charge in [0.1, 0.15) is 0 Å². The molecule has 88 valence electrons. The van der Waals surface area contributed by atoms with E-state index in [-0.39, 0.29) is 12.3 Å². The number of allylic oxidation sites excluding steroid dienone is 2. The minimum absolute atomic E-state index is 0.255. The predicted molar refractivity (Wildman–Crippen MR) is 63.9 cm³/mol. The highest BCUT2D eigenvalue weighted by molar-refractivity contribution is 5.66. The van der Waals surface area contributed by atoms with Crippen LogP contribution in [-0.4, -0.2) is 11.1 Å². The Morgan fingerprint density at radius 3 is 2.53 bits per heavy atom. The molecule has 0 saturated heterocycles. The van der Waals surface area contributed by atoms with Gasteiger partial charge >= 0.3 is 5.97 Å². The molecule has 0 aliphatic rings. The molecule has 0 rings (SSSR count). The molecular formula is C13H24O2. The lowest BCUT2D eigenvalue weighted by Gasteiger charge is -2.08. The highest BCUT2D eigenvalue weighted by Gasteiger charge is 2.07. The molecule has 0 bridgehead atoms. The molecule has 1 unspecified atom stereocenters. The van der Waals surface area contributed by atoms with E-state index in [9.17, 15) is 4.79 Å². The molecule has 0 fully saturated rings. The Hall–Kier alpha value is -0.790. The van der Waals surface area contributed by atoms with Gasteiger partial charge in [-0.3, -0.25) is 4.79 Å². The third kappa shape index (κ3) is 9.51. The maximum absolute atomic E-state index is 10.5. The van der Waals surface area contributed by atoms with Crippen LogP contribution >= 0.6 is 0 Å². The average molecular weight is 212 g/mol. The van der Waals surface area contributed by atoms with Crippen molar-refractivity contribution in [2.24, 2.45) is 5.92 Å². The summed E-state index contributed by atoms with van der Waals surface area (Å²) in [6, 6.07) is 0. The van der Waals surface area contributed by atoms with Crippen molar-refractivity contribution in [3.05, 3.63) is 11.6 Å². The van der Waals surface area contributed by atoms with E-state index in [4.69, 9.17) is 5.11 Å². The second-order valence-corrected chi connectivity index (χ2v) is 4.45. The molecule has 0 aliphatic carbocycles. The summed E-state index contributed by atoms with van der Waals surface area (Å²) in [4.78, 5) is 10.5. The molecule has 0 heterocycles. The van der Waals surface area contributed by atoms with Crippen LogP contribution in [0, 0.1) is 5.92 Å². The van der Waals surface area contributed by atoms with E-state index in [1.807, 2.05) is 6.92 Å². The third-order valence-electron chi connectivity index (χ3n) is 2.49. The van der Waals surface area contributed by atoms with Crippen molar-refractivity contribution in [3.63, 3.8) is 0 Å². The zero-order chi connectivity index (χ0) is 11.7. The molecule has 0 aromatic heterocycles. The van der Waals surface area contributed by atoms with Gasteiger partial charge < -0.3 is 5.11 Å². The van der Waals surface area contributed by atoms with Crippen LogP contribution in [-0.2, 0) is 4.79 Å². The minimum Gasteiger partial charge on any atom is -0.481 e. The summed E-state index contributed by atoms with van der Waals surface area (Å²) in [5.74, 6) is -0.439. The summed E-state index contributed by atoms with van der Waals surface area (Å²) in [5, 5.41) is 8.62. The lowest BCUT2D eigenvalue weighted by Crippen LogP contribution is -2.04. The number of hydrogen-bond donors (Lipinski definition) is 1. The number of carbonyl (C=O) groups is 1. The van der Waals surface area contributed by atoms with Crippen LogP contribution in [0.15, 0.2) is 11.6 Å². The minimum atomic E-state index is -0.693. The van der Waals surface area contributed by atoms with Crippen molar-refractivity contribution < 1.29 is 9.90 Å². The molecule has 0 amide bonds. The van der Waals surface area contributed by atoms with Crippen LogP contribution in [0.1, 0.15) is 59.3 Å². The number of carboxylic acids is 1. The molecular weight excluding hydrogens is 188 g/mol. The first-order valence-electron chi connectivity index (χ1n) is 5.93. The van der Waals surface area contributed by atoms with E-state index in [0.29, 0.717) is 0 Å². The van der Waals surface area contributed by atoms with Crippen LogP contribution in [0.2, 0.25) is 0 Å². The number of hydrogen-bond acceptors (Lipinski definition) is 1. The maximum Gasteiger partial charge on any atom is 0.303 e. The molecule has 0 radical (unpaired) electrons. The highest BCUT2D eigenvalue weighted by Crippen LogP contribution is 2.15. The lowest BCUT2D eigenvalue weighted by molar-refractivity contribution is -0.137. The molecule has 1 N–H and O–H groups in total. The monoisotopic (exact) mass is 212 g/mol. The van der Waals surface area contributed by atoms with Crippen molar-refractivity contribution in [1.29, 1.82) is 0 Å². The van der Waals surface area contributed by atoms with E-state index in [0.717, 1.165) is 12.8 Å². The van der Waals surface area contributed by atoms with E-state index in [2.05, 4.69) is 19.9 Å². The van der Waals surface area contributed by atoms with Crippen LogP contribution in [0.4, 0.5) is 0 Å². The van der Waals surface area contributed by atoms with Crippen LogP contribution in [0.25, 0.3) is 0 Å². The van der Waals surface area contributed by atoms with E-state index in [1.165, 1.54) is 24.8 Å². The van der Waals surface area contributed by atoms with Gasteiger partial charge in [-0.15, -0.1) is 0 Å². The first-order valence-corrected chi connectivity index (χ1v) is 5.93. The topological polar surface area (TPSA) is 37.3 Å². The average Bonchev–Trinajstić information content (AvgIpc) is 2.10. The number of carboxylic acid groups (broad SMARTS) is 1. The fourth-order valence-corrected chi connectivity index (χ4v) is 1.75. The zero-order valence-electron chi connectivity index (χ0n) is 10.3. The smallest absolute Gasteiger partial charge is 0.303 e. The maximum atomic E-state index is 10.5. The lowest BCUT2D eigenvalue weighted by atomic mass is 9.98. The third-order valence-corrected chi connectivity index (χ3v) is 2.49. The molecule has 1 atom stereocenters. The fraction of sp³-hybridized carbons (Fsp3) is 0.769. The molecule has 0 aromatic carbocycles. The van der Waals surface area contributed by atoms with Gasteiger partial charge in [0.2, 0.25) is 0 Å². The summed E-state index contributed by atoms with van der Waals surface area (Å²) < 4.78 is 0. The summed E-state index contributed by atoms with van der Waals surface area (Å²) in [5.41, 5.74) is 1.33. The predicted octanol–water partition coefficient (Wildman–Crippen LogP) is 4.01. The number of rotatable bonds is 8. The van der Waals surface area contributed by atoms with Crippen molar-refractivity contribution in [3.8, 4) is 0 Å². The quantitative estimate of drug-likeness (QED) is 0.487. The molecule has 2 heteroatoms. The van der Waals surface area contributed by atoms with Crippen molar-refractivity contribution in [2.45, 2.75) is 59.3 Å². The molecule has 0 aromatic rings. The van der Waals surface area contributed by atoms with Gasteiger partial charge in [0.05, 0.1) is 0 Å². The van der Waals surface area contributed by atoms with Gasteiger partial charge in [-0.1, -0.05) is 38.3 Å². The first kappa shape index (κ1) is 14.2. The van der Waals surface area contributed by atoms with Crippen LogP contribution in [0.5, 0.6) is 0 Å². The second kappa shape index (κ2) is 8.51. The van der Waals surface area contributed by atoms with Gasteiger partial charge in [-0.25, -0.2) is 0 Å². The largest absolute Gasteiger partial charge is 0.481 e. The molecule has 15 heavy (non-hydrogen) atoms. The zero-order valence-corrected chi connectivity index (χ0v) is 10.3. The SMILES string of the molecule is CCCCCC=C(C)CC(C)CC(=O)O. The van der Waals surface area contributed by atoms with Crippen molar-refractivity contribution in [2.75, 3.05) is 0 Å². The molecule has 0 aliphatic heterocycles. The van der Waals surface area contributed by atoms with Crippen molar-refractivity contribution in [1.82, 2.24) is 0 Å². The van der Waals surface area contributed by atoms with Crippen LogP contribution in [0.3, 0.4) is 0 Å². The molecule has 0 spiro atoms. The molecule has 2 nitrogen and oxygen atoms in total. The van der Waals surface area contributed by atoms with Gasteiger partial charge in [-0.2, -0.15) is 0 Å². The Morgan fingerprint density at radius 1 is 1.33 bits per heavy atom. The Labute approximate surface area is 93.4 Å². The Kier molecular flexibility index (Phi) is 8.06. The Bertz CT molecular complexity index is 207. The Morgan fingerprint density at radius 2 is 2.00 bits per heavy atom.